The molecule has 20 aromatic heterocycles. The Morgan fingerprint density at radius 3 is 0.615 bits per heavy atom. The van der Waals surface area contributed by atoms with E-state index in [4.69, 9.17) is 54.1 Å². The molecule has 0 fully saturated rings. The largest absolute Gasteiger partial charge is 0.481 e. The van der Waals surface area contributed by atoms with Crippen molar-refractivity contribution < 1.29 is 54.1 Å². The highest BCUT2D eigenvalue weighted by Crippen LogP contribution is 2.23. The number of carboxylic acids is 1. The van der Waals surface area contributed by atoms with Gasteiger partial charge in [-0.05, 0) is 156 Å². The van der Waals surface area contributed by atoms with Crippen molar-refractivity contribution in [2.45, 2.75) is 41.5 Å². The van der Waals surface area contributed by atoms with Gasteiger partial charge in [-0.25, -0.2) is 0 Å². The molecule has 0 atom stereocenters. The van der Waals surface area contributed by atoms with Crippen molar-refractivity contribution in [1.29, 1.82) is 0 Å². The van der Waals surface area contributed by atoms with Gasteiger partial charge in [0.25, 0.3) is 33.8 Å². The molecule has 37 heteroatoms. The van der Waals surface area contributed by atoms with Crippen molar-refractivity contribution in [2.24, 2.45) is 0 Å². The molecule has 0 aliphatic heterocycles. The van der Waals surface area contributed by atoms with E-state index in [1.54, 1.807) is 122 Å². The van der Waals surface area contributed by atoms with E-state index in [1.807, 2.05) is 95.3 Å². The number of hydrogen-bond donors (Lipinski definition) is 1. The number of aromatic nitrogens is 15. The summed E-state index contributed by atoms with van der Waals surface area (Å²) in [5.41, 5.74) is -1.07. The van der Waals surface area contributed by atoms with E-state index >= 15 is 0 Å². The topological polar surface area (TPSA) is 405 Å². The van der Waals surface area contributed by atoms with Crippen LogP contribution in [-0.4, -0.2) is 84.1 Å². The number of carbonyl (C=O) groups is 1. The van der Waals surface area contributed by atoms with E-state index in [9.17, 15) is 24.0 Å². The molecule has 20 heterocycles. The number of aryl methyl sites for hydroxylation is 5. The number of nitrogens with zero attached hydrogens (tertiary/aromatic N) is 15. The highest BCUT2D eigenvalue weighted by Gasteiger charge is 2.20. The molecule has 1 N–H and O–H groups in total. The van der Waals surface area contributed by atoms with Gasteiger partial charge in [0.2, 0.25) is 53.9 Å². The maximum Gasteiger partial charge on any atom is 0.300 e. The van der Waals surface area contributed by atoms with E-state index in [0.717, 1.165) is 35.7 Å². The fourth-order valence-electron chi connectivity index (χ4n) is 10.0. The first-order valence-electron chi connectivity index (χ1n) is 32.0. The molecule has 20 aromatic rings. The lowest BCUT2D eigenvalue weighted by Gasteiger charge is -1.84. The molecule has 0 aliphatic carbocycles. The maximum absolute atomic E-state index is 12.3. The monoisotopic (exact) mass is 1560 g/mol. The molecular formula is C72H49N15O17S5. The Labute approximate surface area is 625 Å². The van der Waals surface area contributed by atoms with E-state index in [2.05, 4.69) is 50.4 Å². The number of aliphatic carboxylic acids is 1. The van der Waals surface area contributed by atoms with Crippen LogP contribution in [0.1, 0.15) is 64.5 Å². The zero-order valence-electron chi connectivity index (χ0n) is 57.0. The van der Waals surface area contributed by atoms with Gasteiger partial charge in [0.15, 0.2) is 28.8 Å². The molecule has 0 unspecified atom stereocenters. The summed E-state index contributed by atoms with van der Waals surface area (Å²) < 4.78 is 62.4. The van der Waals surface area contributed by atoms with Gasteiger partial charge >= 0.3 is 0 Å². The third kappa shape index (κ3) is 15.6. The molecule has 0 aromatic carbocycles. The first-order valence-corrected chi connectivity index (χ1v) is 36.1. The van der Waals surface area contributed by atoms with Crippen LogP contribution in [0.15, 0.2) is 221 Å². The molecule has 0 amide bonds. The summed E-state index contributed by atoms with van der Waals surface area (Å²) in [6.07, 6.45) is 16.2. The average Bonchev–Trinajstić information content (AvgIpc) is 1.66. The molecule has 32 nitrogen and oxygen atoms in total. The molecule has 0 aliphatic rings. The lowest BCUT2D eigenvalue weighted by molar-refractivity contribution is -0.134. The molecule has 0 saturated carbocycles. The highest BCUT2D eigenvalue weighted by molar-refractivity contribution is 7.16. The van der Waals surface area contributed by atoms with Crippen molar-refractivity contribution in [3.05, 3.63) is 285 Å². The highest BCUT2D eigenvalue weighted by atomic mass is 32.1. The summed E-state index contributed by atoms with van der Waals surface area (Å²) in [6, 6.07) is 35.9. The quantitative estimate of drug-likeness (QED) is 0.133. The van der Waals surface area contributed by atoms with Crippen molar-refractivity contribution in [3.63, 3.8) is 0 Å². The molecule has 109 heavy (non-hydrogen) atoms. The Morgan fingerprint density at radius 1 is 0.312 bits per heavy atom. The SMILES string of the molecule is CC(=O)O.Cc1ccc(/C=c2\sc3nc(-c4ccco4)nn3c2=O)o1.Cc1ccc(/C=c2\sc3nc(-c4ccco4)nn3c2=O)o1.Cc1ccc(/C=c2\sc3nc(-c4ccco4)nn3c2=O)o1.Cc1ccc(/C=c2\sc3nc(-c4ccco4)nn3c2=O)o1.Cc1ccc(/C=c2\sc3nc(-c4ccco4)nn3c2=O)o1. The molecular weight excluding hydrogens is 1510 g/mol. The van der Waals surface area contributed by atoms with Crippen molar-refractivity contribution in [1.82, 2.24) is 73.0 Å². The summed E-state index contributed by atoms with van der Waals surface area (Å²) in [4.78, 5) is 94.6. The summed E-state index contributed by atoms with van der Waals surface area (Å²) in [5.74, 6) is 11.1. The number of thiazole rings is 5. The molecule has 544 valence electrons. The van der Waals surface area contributed by atoms with Gasteiger partial charge in [0, 0.05) is 37.3 Å². The fourth-order valence-corrected chi connectivity index (χ4v) is 14.5. The smallest absolute Gasteiger partial charge is 0.300 e. The van der Waals surface area contributed by atoms with E-state index in [0.29, 0.717) is 134 Å². The summed E-state index contributed by atoms with van der Waals surface area (Å²) >= 11 is 6.33. The van der Waals surface area contributed by atoms with Crippen LogP contribution >= 0.6 is 56.7 Å². The van der Waals surface area contributed by atoms with Crippen LogP contribution in [0.3, 0.4) is 0 Å². The van der Waals surface area contributed by atoms with Gasteiger partial charge in [-0.1, -0.05) is 56.7 Å². The van der Waals surface area contributed by atoms with Gasteiger partial charge in [0.05, 0.1) is 31.3 Å². The van der Waals surface area contributed by atoms with Gasteiger partial charge in [-0.3, -0.25) is 28.8 Å². The average molecular weight is 1560 g/mol. The first kappa shape index (κ1) is 70.8. The molecule has 20 rings (SSSR count). The van der Waals surface area contributed by atoms with Crippen LogP contribution < -0.4 is 50.5 Å². The van der Waals surface area contributed by atoms with Crippen molar-refractivity contribution in [3.8, 4) is 57.9 Å². The van der Waals surface area contributed by atoms with E-state index in [-0.39, 0.29) is 27.8 Å². The van der Waals surface area contributed by atoms with Crippen LogP contribution in [0.5, 0.6) is 0 Å². The number of rotatable bonds is 10. The minimum Gasteiger partial charge on any atom is -0.481 e. The summed E-state index contributed by atoms with van der Waals surface area (Å²) in [5, 5.41) is 28.3. The standard InChI is InChI=1S/5C14H9N3O3S.C2H4O2/c5*1-8-4-5-9(20-8)7-11-13(18)17-14(21-11)15-12(16-17)10-3-2-6-19-10;1-2(3)4/h5*2-7H,1H3;1H3,(H,3,4)/b5*11-7-;. The summed E-state index contributed by atoms with van der Waals surface area (Å²) in [7, 11) is 0. The summed E-state index contributed by atoms with van der Waals surface area (Å²) in [6.45, 7) is 10.4. The predicted molar refractivity (Wildman–Crippen MR) is 399 cm³/mol. The van der Waals surface area contributed by atoms with Crippen LogP contribution in [0, 0.1) is 34.6 Å². The van der Waals surface area contributed by atoms with Gasteiger partial charge in [-0.15, -0.1) is 25.5 Å². The van der Waals surface area contributed by atoms with Crippen molar-refractivity contribution in [2.75, 3.05) is 0 Å². The van der Waals surface area contributed by atoms with Gasteiger partial charge in [0.1, 0.15) is 80.3 Å². The normalized spacial score (nSPS) is 12.3. The van der Waals surface area contributed by atoms with E-state index in [1.165, 1.54) is 79.3 Å². The fraction of sp³-hybridized carbons (Fsp3) is 0.0833. The first-order chi connectivity index (χ1) is 52.7. The second kappa shape index (κ2) is 30.3. The Balaban J connectivity index is 0.000000107. The molecule has 0 spiro atoms. The minimum atomic E-state index is -0.833. The predicted octanol–water partition coefficient (Wildman–Crippen LogP) is 9.39. The maximum atomic E-state index is 12.3. The zero-order valence-corrected chi connectivity index (χ0v) is 61.1. The van der Waals surface area contributed by atoms with Crippen LogP contribution in [0.2, 0.25) is 0 Å². The second-order valence-corrected chi connectivity index (χ2v) is 27.9. The lowest BCUT2D eigenvalue weighted by Crippen LogP contribution is -2.23. The van der Waals surface area contributed by atoms with E-state index < -0.39 is 5.97 Å². The Bertz CT molecular complexity index is 6220. The van der Waals surface area contributed by atoms with Crippen LogP contribution in [0.25, 0.3) is 113 Å². The number of hydrogen-bond acceptors (Lipinski definition) is 31. The van der Waals surface area contributed by atoms with Crippen molar-refractivity contribution >= 4 is 118 Å². The van der Waals surface area contributed by atoms with Crippen LogP contribution in [0.4, 0.5) is 0 Å². The Kier molecular flexibility index (Phi) is 19.7. The van der Waals surface area contributed by atoms with Gasteiger partial charge < -0.3 is 49.3 Å². The second-order valence-electron chi connectivity index (χ2n) is 22.9. The minimum absolute atomic E-state index is 0.214. The number of fused-ring (bicyclic) bond motifs is 5. The molecule has 0 radical (unpaired) electrons. The third-order valence-electron chi connectivity index (χ3n) is 14.8. The molecule has 0 saturated heterocycles. The van der Waals surface area contributed by atoms with Gasteiger partial charge in [-0.2, -0.15) is 47.5 Å². The number of carboxylic acid groups (broad SMARTS) is 1. The van der Waals surface area contributed by atoms with Crippen LogP contribution in [-0.2, 0) is 4.79 Å². The number of furan rings is 10. The third-order valence-corrected chi connectivity index (χ3v) is 19.6. The zero-order chi connectivity index (χ0) is 75.6. The lowest BCUT2D eigenvalue weighted by atomic mass is 10.4. The Morgan fingerprint density at radius 2 is 0.486 bits per heavy atom. The Hall–Kier alpha value is -13.9. The molecule has 0 bridgehead atoms.